The number of hydrogen-bond acceptors (Lipinski definition) is 8. The number of benzene rings is 1. The van der Waals surface area contributed by atoms with Crippen molar-refractivity contribution in [3.8, 4) is 0 Å². The van der Waals surface area contributed by atoms with Crippen LogP contribution in [-0.2, 0) is 19.1 Å². The van der Waals surface area contributed by atoms with Crippen LogP contribution in [0.3, 0.4) is 0 Å². The first-order chi connectivity index (χ1) is 19.5. The van der Waals surface area contributed by atoms with E-state index in [2.05, 4.69) is 20.9 Å². The van der Waals surface area contributed by atoms with Gasteiger partial charge in [0.15, 0.2) is 5.96 Å². The van der Waals surface area contributed by atoms with Crippen LogP contribution in [0.25, 0.3) is 0 Å². The molecule has 0 radical (unpaired) electrons. The van der Waals surface area contributed by atoms with Gasteiger partial charge in [-0.25, -0.2) is 0 Å². The van der Waals surface area contributed by atoms with E-state index in [-0.39, 0.29) is 37.4 Å². The predicted molar refractivity (Wildman–Crippen MR) is 153 cm³/mol. The van der Waals surface area contributed by atoms with E-state index in [1.807, 2.05) is 18.2 Å². The molecule has 41 heavy (non-hydrogen) atoms. The summed E-state index contributed by atoms with van der Waals surface area (Å²) in [5.41, 5.74) is 3.07. The Balaban J connectivity index is 0.00000337. The van der Waals surface area contributed by atoms with Crippen molar-refractivity contribution in [3.05, 3.63) is 101 Å². The molecule has 0 fully saturated rings. The molecule has 6 rings (SSSR count). The number of nitrogens with zero attached hydrogens (tertiary/aromatic N) is 2. The number of aliphatic imine (C=N–C) groups is 1. The number of rotatable bonds is 7. The summed E-state index contributed by atoms with van der Waals surface area (Å²) in [5.74, 6) is -0.648. The van der Waals surface area contributed by atoms with E-state index in [1.54, 1.807) is 48.7 Å². The van der Waals surface area contributed by atoms with E-state index in [4.69, 9.17) is 9.47 Å². The molecule has 3 heterocycles. The van der Waals surface area contributed by atoms with E-state index in [0.29, 0.717) is 47.3 Å². The second-order valence-electron chi connectivity index (χ2n) is 9.65. The fraction of sp³-hybridized carbons (Fsp3) is 0.241. The molecule has 2 unspecified atom stereocenters. The molecule has 0 spiro atoms. The lowest BCUT2D eigenvalue weighted by Crippen LogP contribution is -2.41. The number of aliphatic carboxylic acids is 1. The van der Waals surface area contributed by atoms with E-state index < -0.39 is 17.9 Å². The van der Waals surface area contributed by atoms with Crippen molar-refractivity contribution in [3.63, 3.8) is 0 Å². The summed E-state index contributed by atoms with van der Waals surface area (Å²) in [7, 11) is 0. The maximum atomic E-state index is 13.6. The first kappa shape index (κ1) is 27.8. The van der Waals surface area contributed by atoms with Gasteiger partial charge in [0.2, 0.25) is 12.7 Å². The third kappa shape index (κ3) is 5.75. The number of allylic oxidation sites excluding steroid dienone is 6. The minimum Gasteiger partial charge on any atom is -0.481 e. The Morgan fingerprint density at radius 3 is 2.93 bits per heavy atom. The summed E-state index contributed by atoms with van der Waals surface area (Å²) < 4.78 is 11.4. The number of carboxylic acids is 1. The van der Waals surface area contributed by atoms with Crippen LogP contribution in [0.1, 0.15) is 23.2 Å². The average Bonchev–Trinajstić information content (AvgIpc) is 3.59. The fourth-order valence-corrected chi connectivity index (χ4v) is 5.15. The van der Waals surface area contributed by atoms with Gasteiger partial charge in [-0.3, -0.25) is 19.4 Å². The zero-order valence-electron chi connectivity index (χ0n) is 21.8. The van der Waals surface area contributed by atoms with E-state index in [0.717, 1.165) is 17.8 Å². The molecular weight excluding hydrogens is 550 g/mol. The predicted octanol–water partition coefficient (Wildman–Crippen LogP) is 2.95. The lowest BCUT2D eigenvalue weighted by atomic mass is 9.95. The molecule has 1 aromatic rings. The monoisotopic (exact) mass is 577 g/mol. The van der Waals surface area contributed by atoms with Gasteiger partial charge in [0, 0.05) is 35.3 Å². The van der Waals surface area contributed by atoms with Crippen molar-refractivity contribution in [2.45, 2.75) is 18.9 Å². The van der Waals surface area contributed by atoms with Crippen LogP contribution in [0.4, 0.5) is 5.69 Å². The number of carbonyl (C=O) groups excluding carboxylic acids is 2. The number of guanidine groups is 1. The summed E-state index contributed by atoms with van der Waals surface area (Å²) in [6.45, 7) is 1.40. The summed E-state index contributed by atoms with van der Waals surface area (Å²) in [4.78, 5) is 44.2. The normalized spacial score (nSPS) is 21.0. The molecule has 0 aromatic heterocycles. The second kappa shape index (κ2) is 11.8. The third-order valence-corrected chi connectivity index (χ3v) is 7.02. The van der Waals surface area contributed by atoms with Gasteiger partial charge in [0.05, 0.1) is 18.9 Å². The van der Waals surface area contributed by atoms with Crippen LogP contribution in [0.15, 0.2) is 100 Å². The van der Waals surface area contributed by atoms with Crippen molar-refractivity contribution in [1.29, 1.82) is 0 Å². The van der Waals surface area contributed by atoms with E-state index >= 15 is 0 Å². The quantitative estimate of drug-likeness (QED) is 0.388. The Kier molecular flexibility index (Phi) is 7.97. The zero-order chi connectivity index (χ0) is 27.6. The maximum Gasteiger partial charge on any atom is 0.305 e. The highest BCUT2D eigenvalue weighted by molar-refractivity contribution is 5.99. The lowest BCUT2D eigenvalue weighted by Gasteiger charge is -2.33. The van der Waals surface area contributed by atoms with E-state index in [1.165, 1.54) is 4.90 Å². The highest BCUT2D eigenvalue weighted by atomic mass is 35.5. The van der Waals surface area contributed by atoms with Gasteiger partial charge >= 0.3 is 5.97 Å². The van der Waals surface area contributed by atoms with Crippen LogP contribution in [0, 0.1) is 5.92 Å². The topological polar surface area (TPSA) is 142 Å². The summed E-state index contributed by atoms with van der Waals surface area (Å²) in [6, 6.07) is 6.20. The number of ether oxygens (including phenoxy) is 2. The number of carboxylic acid groups (broad SMARTS) is 1. The molecule has 2 aliphatic carbocycles. The number of carbonyl (C=O) groups is 3. The smallest absolute Gasteiger partial charge is 0.305 e. The zero-order valence-corrected chi connectivity index (χ0v) is 22.6. The van der Waals surface area contributed by atoms with Gasteiger partial charge in [-0.2, -0.15) is 0 Å². The van der Waals surface area contributed by atoms with Gasteiger partial charge in [-0.15, -0.1) is 12.4 Å². The van der Waals surface area contributed by atoms with Gasteiger partial charge in [-0.1, -0.05) is 24.3 Å². The highest BCUT2D eigenvalue weighted by Crippen LogP contribution is 2.37. The van der Waals surface area contributed by atoms with Gasteiger partial charge in [0.1, 0.15) is 17.6 Å². The summed E-state index contributed by atoms with van der Waals surface area (Å²) >= 11 is 0. The average molecular weight is 578 g/mol. The van der Waals surface area contributed by atoms with Gasteiger partial charge < -0.3 is 35.4 Å². The molecule has 0 saturated heterocycles. The Morgan fingerprint density at radius 2 is 2.12 bits per heavy atom. The van der Waals surface area contributed by atoms with Gasteiger partial charge in [0.25, 0.3) is 5.91 Å². The molecule has 5 aliphatic rings. The van der Waals surface area contributed by atoms with Crippen LogP contribution >= 0.6 is 12.4 Å². The standard InChI is InChI=1S/C29H27N5O6.ClH/c35-25(36)14-23(26-21-6-1-2-7-24(21)39-16-40-26)34-15-18-8-9-20(13-22(18)28(34)38)32-27(37)17-4-3-5-19(12-17)33-29-30-10-11-31-29;/h1-5,7-9,12-13,15,22-23H,6,10-11,14,16H2,(H,32,37)(H,35,36)(H2,30,31,33);1H. The van der Waals surface area contributed by atoms with Gasteiger partial charge in [-0.05, 0) is 48.4 Å². The highest BCUT2D eigenvalue weighted by Gasteiger charge is 2.41. The molecular formula is C29H28ClN5O6. The van der Waals surface area contributed by atoms with Crippen molar-refractivity contribution >= 4 is 41.8 Å². The molecule has 1 aromatic carbocycles. The molecule has 12 heteroatoms. The number of halogens is 1. The fourth-order valence-electron chi connectivity index (χ4n) is 5.15. The van der Waals surface area contributed by atoms with Crippen LogP contribution in [0.2, 0.25) is 0 Å². The molecule has 212 valence electrons. The molecule has 2 amide bonds. The van der Waals surface area contributed by atoms with Crippen molar-refractivity contribution in [2.24, 2.45) is 10.9 Å². The Bertz CT molecular complexity index is 1500. The number of nitrogens with one attached hydrogen (secondary N) is 3. The second-order valence-corrected chi connectivity index (χ2v) is 9.65. The number of fused-ring (bicyclic) bond motifs is 2. The molecule has 0 saturated carbocycles. The SMILES string of the molecule is Cl.O=C(O)CC(C1=C2CC=CC=C2OCO1)N1C=C2C=CC(NC(=O)c3cccc(NC4=NCCN4)c3)=CC2C1=O. The molecule has 11 nitrogen and oxygen atoms in total. The third-order valence-electron chi connectivity index (χ3n) is 7.02. The minimum atomic E-state index is -1.06. The van der Waals surface area contributed by atoms with Crippen LogP contribution < -0.4 is 16.0 Å². The van der Waals surface area contributed by atoms with Crippen LogP contribution in [-0.4, -0.2) is 59.7 Å². The lowest BCUT2D eigenvalue weighted by molar-refractivity contribution is -0.140. The number of anilines is 1. The van der Waals surface area contributed by atoms with E-state index in [9.17, 15) is 19.5 Å². The first-order valence-electron chi connectivity index (χ1n) is 12.9. The molecule has 4 N–H and O–H groups in total. The minimum absolute atomic E-state index is 0. The van der Waals surface area contributed by atoms with Crippen molar-refractivity contribution in [1.82, 2.24) is 15.5 Å². The number of hydrogen-bond donors (Lipinski definition) is 4. The van der Waals surface area contributed by atoms with Crippen molar-refractivity contribution < 1.29 is 29.0 Å². The molecule has 3 aliphatic heterocycles. The summed E-state index contributed by atoms with van der Waals surface area (Å²) in [5, 5.41) is 18.8. The number of amides is 2. The maximum absolute atomic E-state index is 13.6. The Morgan fingerprint density at radius 1 is 1.24 bits per heavy atom. The Hall–Kier alpha value is -4.77. The first-order valence-corrected chi connectivity index (χ1v) is 12.9. The summed E-state index contributed by atoms with van der Waals surface area (Å²) in [6.07, 6.45) is 12.6. The molecule has 0 bridgehead atoms. The largest absolute Gasteiger partial charge is 0.481 e. The van der Waals surface area contributed by atoms with Crippen molar-refractivity contribution in [2.75, 3.05) is 25.2 Å². The molecule has 2 atom stereocenters. The van der Waals surface area contributed by atoms with Crippen LogP contribution in [0.5, 0.6) is 0 Å². The Labute approximate surface area is 242 Å².